The van der Waals surface area contributed by atoms with E-state index in [4.69, 9.17) is 5.11 Å². The summed E-state index contributed by atoms with van der Waals surface area (Å²) >= 11 is 0. The fourth-order valence-corrected chi connectivity index (χ4v) is 0.727. The number of carbonyl (C=O) groups is 2. The molecular weight excluding hydrogens is 158 g/mol. The van der Waals surface area contributed by atoms with Gasteiger partial charge in [-0.3, -0.25) is 9.59 Å². The van der Waals surface area contributed by atoms with E-state index in [1.54, 1.807) is 14.0 Å². The zero-order chi connectivity index (χ0) is 9.72. The molecule has 0 aliphatic carbocycles. The minimum absolute atomic E-state index is 0.0626. The quantitative estimate of drug-likeness (QED) is 0.626. The molecule has 12 heavy (non-hydrogen) atoms. The minimum atomic E-state index is -0.924. The van der Waals surface area contributed by atoms with Gasteiger partial charge in [0, 0.05) is 6.42 Å². The summed E-state index contributed by atoms with van der Waals surface area (Å²) in [4.78, 5) is 21.5. The van der Waals surface area contributed by atoms with E-state index in [1.165, 1.54) is 6.92 Å². The Morgan fingerprint density at radius 3 is 2.25 bits per heavy atom. The van der Waals surface area contributed by atoms with Crippen molar-refractivity contribution in [1.29, 1.82) is 0 Å². The number of ketones is 1. The lowest BCUT2D eigenvalue weighted by molar-refractivity contribution is -0.143. The van der Waals surface area contributed by atoms with Gasteiger partial charge in [0.15, 0.2) is 0 Å². The third kappa shape index (κ3) is 3.48. The van der Waals surface area contributed by atoms with Gasteiger partial charge in [0.2, 0.25) is 0 Å². The molecule has 0 spiro atoms. The number of hydrogen-bond acceptors (Lipinski definition) is 3. The van der Waals surface area contributed by atoms with E-state index < -0.39 is 11.9 Å². The molecule has 0 rings (SSSR count). The zero-order valence-electron chi connectivity index (χ0n) is 7.63. The summed E-state index contributed by atoms with van der Waals surface area (Å²) in [5, 5.41) is 11.3. The van der Waals surface area contributed by atoms with Crippen LogP contribution in [0.4, 0.5) is 0 Å². The molecule has 2 atom stereocenters. The van der Waals surface area contributed by atoms with Crippen molar-refractivity contribution >= 4 is 11.8 Å². The molecule has 4 nitrogen and oxygen atoms in total. The first-order chi connectivity index (χ1) is 5.49. The number of carboxylic acids is 1. The lowest BCUT2D eigenvalue weighted by Gasteiger charge is -2.10. The van der Waals surface area contributed by atoms with Crippen LogP contribution in [0.25, 0.3) is 0 Å². The summed E-state index contributed by atoms with van der Waals surface area (Å²) in [5.74, 6) is -1.58. The van der Waals surface area contributed by atoms with Crippen LogP contribution < -0.4 is 5.32 Å². The fraction of sp³-hybridized carbons (Fsp3) is 0.750. The number of hydrogen-bond donors (Lipinski definition) is 2. The molecule has 70 valence electrons. The van der Waals surface area contributed by atoms with Gasteiger partial charge in [0.1, 0.15) is 5.78 Å². The second-order valence-corrected chi connectivity index (χ2v) is 2.92. The second kappa shape index (κ2) is 4.87. The number of likely N-dealkylation sites (N-methyl/N-ethyl adjacent to an activating group) is 1. The summed E-state index contributed by atoms with van der Waals surface area (Å²) in [6.07, 6.45) is 0.0946. The van der Waals surface area contributed by atoms with E-state index in [0.29, 0.717) is 0 Å². The Bertz CT molecular complexity index is 179. The van der Waals surface area contributed by atoms with Crippen LogP contribution in [0.3, 0.4) is 0 Å². The third-order valence-corrected chi connectivity index (χ3v) is 1.84. The van der Waals surface area contributed by atoms with Crippen molar-refractivity contribution in [2.24, 2.45) is 5.92 Å². The summed E-state index contributed by atoms with van der Waals surface area (Å²) < 4.78 is 0. The highest BCUT2D eigenvalue weighted by Crippen LogP contribution is 2.04. The van der Waals surface area contributed by atoms with Gasteiger partial charge in [-0.1, -0.05) is 6.92 Å². The molecule has 0 aromatic rings. The molecule has 0 unspecified atom stereocenters. The molecule has 0 heterocycles. The van der Waals surface area contributed by atoms with Crippen LogP contribution in [0.2, 0.25) is 0 Å². The average Bonchev–Trinajstić information content (AvgIpc) is 2.02. The molecule has 0 saturated heterocycles. The van der Waals surface area contributed by atoms with Gasteiger partial charge in [-0.2, -0.15) is 0 Å². The van der Waals surface area contributed by atoms with Crippen molar-refractivity contribution in [1.82, 2.24) is 5.32 Å². The number of carbonyl (C=O) groups excluding carboxylic acids is 1. The van der Waals surface area contributed by atoms with Crippen LogP contribution in [-0.2, 0) is 9.59 Å². The highest BCUT2D eigenvalue weighted by atomic mass is 16.4. The van der Waals surface area contributed by atoms with Crippen LogP contribution in [0, 0.1) is 5.92 Å². The van der Waals surface area contributed by atoms with E-state index in [-0.39, 0.29) is 18.2 Å². The molecule has 2 N–H and O–H groups in total. The Morgan fingerprint density at radius 1 is 1.42 bits per heavy atom. The first-order valence-corrected chi connectivity index (χ1v) is 3.91. The minimum Gasteiger partial charge on any atom is -0.481 e. The number of aliphatic carboxylic acids is 1. The number of nitrogens with one attached hydrogen (secondary N) is 1. The van der Waals surface area contributed by atoms with Gasteiger partial charge < -0.3 is 10.4 Å². The fourth-order valence-electron chi connectivity index (χ4n) is 0.727. The third-order valence-electron chi connectivity index (χ3n) is 1.84. The second-order valence-electron chi connectivity index (χ2n) is 2.92. The van der Waals surface area contributed by atoms with Crippen LogP contribution in [0.5, 0.6) is 0 Å². The zero-order valence-corrected chi connectivity index (χ0v) is 7.63. The first-order valence-electron chi connectivity index (χ1n) is 3.91. The van der Waals surface area contributed by atoms with Crippen LogP contribution >= 0.6 is 0 Å². The van der Waals surface area contributed by atoms with Crippen LogP contribution in [0.1, 0.15) is 20.3 Å². The number of rotatable bonds is 5. The molecule has 0 bridgehead atoms. The predicted octanol–water partition coefficient (Wildman–Crippen LogP) is 0.274. The Hall–Kier alpha value is -0.900. The van der Waals surface area contributed by atoms with Gasteiger partial charge in [-0.25, -0.2) is 0 Å². The van der Waals surface area contributed by atoms with Crippen LogP contribution in [0.15, 0.2) is 0 Å². The Kier molecular flexibility index (Phi) is 4.51. The monoisotopic (exact) mass is 173 g/mol. The highest BCUT2D eigenvalue weighted by Gasteiger charge is 2.18. The maximum absolute atomic E-state index is 11.2. The average molecular weight is 173 g/mol. The maximum atomic E-state index is 11.2. The van der Waals surface area contributed by atoms with Crippen molar-refractivity contribution in [3.05, 3.63) is 0 Å². The van der Waals surface area contributed by atoms with Gasteiger partial charge in [0.25, 0.3) is 0 Å². The van der Waals surface area contributed by atoms with Crippen molar-refractivity contribution < 1.29 is 14.7 Å². The molecule has 0 saturated carbocycles. The molecule has 4 heteroatoms. The van der Waals surface area contributed by atoms with Crippen molar-refractivity contribution in [3.8, 4) is 0 Å². The molecule has 0 radical (unpaired) electrons. The topological polar surface area (TPSA) is 66.4 Å². The van der Waals surface area contributed by atoms with E-state index in [9.17, 15) is 9.59 Å². The lowest BCUT2D eigenvalue weighted by Crippen LogP contribution is -2.32. The van der Waals surface area contributed by atoms with E-state index in [0.717, 1.165) is 0 Å². The molecule has 0 aliphatic rings. The molecule has 0 aromatic heterocycles. The van der Waals surface area contributed by atoms with Crippen molar-refractivity contribution in [2.75, 3.05) is 7.05 Å². The smallest absolute Gasteiger partial charge is 0.306 e. The van der Waals surface area contributed by atoms with E-state index in [1.807, 2.05) is 0 Å². The molecule has 0 amide bonds. The number of carboxylic acid groups (broad SMARTS) is 1. The number of Topliss-reactive ketones (excluding diaryl/α,β-unsaturated/α-hetero) is 1. The van der Waals surface area contributed by atoms with Gasteiger partial charge in [-0.15, -0.1) is 0 Å². The van der Waals surface area contributed by atoms with Crippen LogP contribution in [-0.4, -0.2) is 29.9 Å². The standard InChI is InChI=1S/C8H15NO3/c1-5(8(11)12)4-7(10)6(2)9-3/h5-6,9H,4H2,1-3H3,(H,11,12)/t5-,6+/m1/s1. The summed E-state index contributed by atoms with van der Waals surface area (Å²) in [7, 11) is 1.67. The van der Waals surface area contributed by atoms with Crippen molar-refractivity contribution in [3.63, 3.8) is 0 Å². The van der Waals surface area contributed by atoms with Crippen molar-refractivity contribution in [2.45, 2.75) is 26.3 Å². The Morgan fingerprint density at radius 2 is 1.92 bits per heavy atom. The molecular formula is C8H15NO3. The van der Waals surface area contributed by atoms with E-state index >= 15 is 0 Å². The predicted molar refractivity (Wildman–Crippen MR) is 44.9 cm³/mol. The summed E-state index contributed by atoms with van der Waals surface area (Å²) in [6, 6.07) is -0.258. The van der Waals surface area contributed by atoms with Gasteiger partial charge >= 0.3 is 5.97 Å². The normalized spacial score (nSPS) is 15.2. The maximum Gasteiger partial charge on any atom is 0.306 e. The molecule has 0 aliphatic heterocycles. The largest absolute Gasteiger partial charge is 0.481 e. The molecule has 0 fully saturated rings. The first kappa shape index (κ1) is 11.1. The highest BCUT2D eigenvalue weighted by molar-refractivity contribution is 5.87. The summed E-state index contributed by atoms with van der Waals surface area (Å²) in [6.45, 7) is 3.25. The Labute approximate surface area is 72.0 Å². The SMILES string of the molecule is CN[C@@H](C)C(=O)C[C@@H](C)C(=O)O. The van der Waals surface area contributed by atoms with E-state index in [2.05, 4.69) is 5.32 Å². The van der Waals surface area contributed by atoms with Gasteiger partial charge in [0.05, 0.1) is 12.0 Å². The summed E-state index contributed by atoms with van der Waals surface area (Å²) in [5.41, 5.74) is 0. The molecule has 0 aromatic carbocycles. The Balaban J connectivity index is 3.92. The van der Waals surface area contributed by atoms with Gasteiger partial charge in [-0.05, 0) is 14.0 Å². The lowest BCUT2D eigenvalue weighted by atomic mass is 10.0.